The third-order valence-electron chi connectivity index (χ3n) is 5.84. The molecule has 1 aliphatic rings. The van der Waals surface area contributed by atoms with E-state index in [0.717, 1.165) is 0 Å². The lowest BCUT2D eigenvalue weighted by molar-refractivity contribution is -0.125. The van der Waals surface area contributed by atoms with Crippen molar-refractivity contribution in [1.29, 1.82) is 5.26 Å². The zero-order valence-electron chi connectivity index (χ0n) is 20.0. The van der Waals surface area contributed by atoms with Crippen LogP contribution in [0.5, 0.6) is 5.75 Å². The van der Waals surface area contributed by atoms with E-state index < -0.39 is 18.6 Å². The molecular formula is C25H23F3N6O3. The highest BCUT2D eigenvalue weighted by Gasteiger charge is 2.34. The van der Waals surface area contributed by atoms with E-state index in [2.05, 4.69) is 15.7 Å². The number of methoxy groups -OCH3 is 1. The summed E-state index contributed by atoms with van der Waals surface area (Å²) >= 11 is 0. The first-order valence-electron chi connectivity index (χ1n) is 11.3. The van der Waals surface area contributed by atoms with Crippen LogP contribution in [-0.2, 0) is 13.1 Å². The highest BCUT2D eigenvalue weighted by molar-refractivity contribution is 6.13. The van der Waals surface area contributed by atoms with Gasteiger partial charge in [-0.15, -0.1) is 0 Å². The Labute approximate surface area is 210 Å². The van der Waals surface area contributed by atoms with Crippen LogP contribution in [0.1, 0.15) is 38.9 Å². The summed E-state index contributed by atoms with van der Waals surface area (Å²) in [5, 5.41) is 18.6. The second kappa shape index (κ2) is 10.3. The average molecular weight is 512 g/mol. The van der Waals surface area contributed by atoms with Crippen LogP contribution in [0.4, 0.5) is 24.5 Å². The number of anilines is 2. The molecular weight excluding hydrogens is 489 g/mol. The minimum atomic E-state index is -4.29. The second-order valence-corrected chi connectivity index (χ2v) is 8.48. The number of carbonyl (C=O) groups excluding carboxylic acids is 2. The fourth-order valence-corrected chi connectivity index (χ4v) is 4.11. The molecule has 1 atom stereocenters. The summed E-state index contributed by atoms with van der Waals surface area (Å²) < 4.78 is 43.7. The number of amides is 2. The van der Waals surface area contributed by atoms with Crippen LogP contribution in [0.3, 0.4) is 0 Å². The van der Waals surface area contributed by atoms with Crippen molar-refractivity contribution in [3.8, 4) is 11.8 Å². The molecule has 2 heterocycles. The summed E-state index contributed by atoms with van der Waals surface area (Å²) in [5.74, 6) is -0.575. The van der Waals surface area contributed by atoms with Gasteiger partial charge in [-0.05, 0) is 42.8 Å². The van der Waals surface area contributed by atoms with Crippen molar-refractivity contribution in [3.05, 3.63) is 71.0 Å². The van der Waals surface area contributed by atoms with Crippen LogP contribution < -0.4 is 20.3 Å². The molecule has 3 aromatic rings. The number of rotatable bonds is 7. The molecule has 0 bridgehead atoms. The number of benzene rings is 2. The van der Waals surface area contributed by atoms with Crippen LogP contribution >= 0.6 is 0 Å². The number of fused-ring (bicyclic) bond motifs is 1. The normalized spacial score (nSPS) is 15.2. The quantitative estimate of drug-likeness (QED) is 0.499. The number of nitrogens with one attached hydrogen (secondary N) is 2. The molecule has 2 N–H and O–H groups in total. The first-order chi connectivity index (χ1) is 17.6. The molecule has 1 aliphatic heterocycles. The summed E-state index contributed by atoms with van der Waals surface area (Å²) in [7, 11) is 1.42. The molecule has 0 unspecified atom stereocenters. The Morgan fingerprint density at radius 1 is 1.24 bits per heavy atom. The van der Waals surface area contributed by atoms with Gasteiger partial charge in [0.2, 0.25) is 0 Å². The number of alkyl halides is 3. The van der Waals surface area contributed by atoms with Crippen molar-refractivity contribution < 1.29 is 27.5 Å². The maximum atomic E-state index is 13.5. The number of carbonyl (C=O) groups is 2. The topological polar surface area (TPSA) is 112 Å². The second-order valence-electron chi connectivity index (χ2n) is 8.48. The van der Waals surface area contributed by atoms with Crippen LogP contribution in [0.2, 0.25) is 0 Å². The standard InChI is InChI=1S/C25H23F3N6O3/c1-15-13-33-22(20(12-31-33)32-23(35)17-5-8-21(37-2)18(9-17)10-29)24(36)34(15)19-6-3-16(4-7-19)11-30-14-25(26,27)28/h3-9,12,15,30H,11,13-14H2,1-2H3,(H,32,35)/t15-/m0/s1. The molecule has 0 saturated heterocycles. The molecule has 2 aromatic carbocycles. The van der Waals surface area contributed by atoms with E-state index in [1.165, 1.54) is 36.2 Å². The van der Waals surface area contributed by atoms with E-state index in [9.17, 15) is 28.0 Å². The van der Waals surface area contributed by atoms with Crippen LogP contribution in [0.25, 0.3) is 0 Å². The van der Waals surface area contributed by atoms with E-state index >= 15 is 0 Å². The van der Waals surface area contributed by atoms with Gasteiger partial charge in [0.25, 0.3) is 11.8 Å². The average Bonchev–Trinajstić information content (AvgIpc) is 3.26. The summed E-state index contributed by atoms with van der Waals surface area (Å²) in [5.41, 5.74) is 2.02. The van der Waals surface area contributed by atoms with Crippen molar-refractivity contribution in [1.82, 2.24) is 15.1 Å². The third kappa shape index (κ3) is 5.57. The van der Waals surface area contributed by atoms with Gasteiger partial charge in [0.05, 0.1) is 43.7 Å². The maximum absolute atomic E-state index is 13.5. The lowest BCUT2D eigenvalue weighted by atomic mass is 10.1. The Morgan fingerprint density at radius 2 is 1.97 bits per heavy atom. The van der Waals surface area contributed by atoms with Gasteiger partial charge in [-0.3, -0.25) is 14.3 Å². The third-order valence-corrected chi connectivity index (χ3v) is 5.84. The fraction of sp³-hybridized carbons (Fsp3) is 0.280. The van der Waals surface area contributed by atoms with Gasteiger partial charge in [0, 0.05) is 17.8 Å². The maximum Gasteiger partial charge on any atom is 0.401 e. The van der Waals surface area contributed by atoms with Crippen LogP contribution in [-0.4, -0.2) is 47.5 Å². The lowest BCUT2D eigenvalue weighted by Crippen LogP contribution is -2.47. The molecule has 0 fully saturated rings. The molecule has 37 heavy (non-hydrogen) atoms. The first kappa shape index (κ1) is 25.7. The van der Waals surface area contributed by atoms with Crippen molar-refractivity contribution in [2.75, 3.05) is 23.9 Å². The van der Waals surface area contributed by atoms with E-state index in [1.807, 2.05) is 13.0 Å². The van der Waals surface area contributed by atoms with Crippen LogP contribution in [0.15, 0.2) is 48.7 Å². The molecule has 0 radical (unpaired) electrons. The van der Waals surface area contributed by atoms with Gasteiger partial charge in [-0.25, -0.2) is 0 Å². The monoisotopic (exact) mass is 512 g/mol. The molecule has 192 valence electrons. The predicted molar refractivity (Wildman–Crippen MR) is 128 cm³/mol. The SMILES string of the molecule is COc1ccc(C(=O)Nc2cnn3c2C(=O)N(c2ccc(CNCC(F)(F)F)cc2)[C@@H](C)C3)cc1C#N. The molecule has 1 aromatic heterocycles. The number of nitriles is 1. The number of ether oxygens (including phenoxy) is 1. The molecule has 12 heteroatoms. The Kier molecular flexibility index (Phi) is 7.17. The summed E-state index contributed by atoms with van der Waals surface area (Å²) in [4.78, 5) is 27.9. The Morgan fingerprint density at radius 3 is 2.62 bits per heavy atom. The summed E-state index contributed by atoms with van der Waals surface area (Å²) in [6, 6.07) is 12.8. The number of nitrogens with zero attached hydrogens (tertiary/aromatic N) is 4. The number of aromatic nitrogens is 2. The van der Waals surface area contributed by atoms with Gasteiger partial charge in [0.1, 0.15) is 17.5 Å². The molecule has 2 amide bonds. The van der Waals surface area contributed by atoms with E-state index in [1.54, 1.807) is 29.2 Å². The highest BCUT2D eigenvalue weighted by Crippen LogP contribution is 2.29. The van der Waals surface area contributed by atoms with Crippen LogP contribution in [0, 0.1) is 11.3 Å². The van der Waals surface area contributed by atoms with E-state index in [-0.39, 0.29) is 41.0 Å². The predicted octanol–water partition coefficient (Wildman–Crippen LogP) is 3.72. The Balaban J connectivity index is 1.52. The van der Waals surface area contributed by atoms with Crippen molar-refractivity contribution in [2.45, 2.75) is 32.2 Å². The van der Waals surface area contributed by atoms with Gasteiger partial charge < -0.3 is 20.3 Å². The van der Waals surface area contributed by atoms with E-state index in [0.29, 0.717) is 23.5 Å². The number of hydrogen-bond acceptors (Lipinski definition) is 6. The number of hydrogen-bond donors (Lipinski definition) is 2. The highest BCUT2D eigenvalue weighted by atomic mass is 19.4. The molecule has 4 rings (SSSR count). The van der Waals surface area contributed by atoms with Crippen molar-refractivity contribution in [2.24, 2.45) is 0 Å². The van der Waals surface area contributed by atoms with Gasteiger partial charge in [0.15, 0.2) is 0 Å². The van der Waals surface area contributed by atoms with Crippen molar-refractivity contribution in [3.63, 3.8) is 0 Å². The minimum Gasteiger partial charge on any atom is -0.495 e. The molecule has 9 nitrogen and oxygen atoms in total. The molecule has 0 saturated carbocycles. The van der Waals surface area contributed by atoms with Gasteiger partial charge in [-0.1, -0.05) is 12.1 Å². The Hall–Kier alpha value is -4.37. The fourth-order valence-electron chi connectivity index (χ4n) is 4.11. The first-order valence-corrected chi connectivity index (χ1v) is 11.3. The lowest BCUT2D eigenvalue weighted by Gasteiger charge is -2.34. The summed E-state index contributed by atoms with van der Waals surface area (Å²) in [6.45, 7) is 1.15. The molecule has 0 aliphatic carbocycles. The van der Waals surface area contributed by atoms with Gasteiger partial charge >= 0.3 is 6.18 Å². The Bertz CT molecular complexity index is 1360. The largest absolute Gasteiger partial charge is 0.495 e. The smallest absolute Gasteiger partial charge is 0.401 e. The number of halogens is 3. The minimum absolute atomic E-state index is 0.0329. The van der Waals surface area contributed by atoms with Gasteiger partial charge in [-0.2, -0.15) is 23.5 Å². The van der Waals surface area contributed by atoms with E-state index in [4.69, 9.17) is 4.74 Å². The molecule has 0 spiro atoms. The zero-order chi connectivity index (χ0) is 26.7. The summed E-state index contributed by atoms with van der Waals surface area (Å²) in [6.07, 6.45) is -2.90. The zero-order valence-corrected chi connectivity index (χ0v) is 20.0. The van der Waals surface area contributed by atoms with Crippen molar-refractivity contribution >= 4 is 23.2 Å².